The fraction of sp³-hybridized carbons (Fsp3) is 0.571. The first kappa shape index (κ1) is 25.4. The molecule has 1 aliphatic heterocycles. The van der Waals surface area contributed by atoms with Crippen LogP contribution in [0, 0.1) is 5.92 Å². The number of ether oxygens (including phenoxy) is 1. The van der Waals surface area contributed by atoms with Gasteiger partial charge in [-0.05, 0) is 64.1 Å². The Balaban J connectivity index is 1.33. The minimum absolute atomic E-state index is 0.00184. The quantitative estimate of drug-likeness (QED) is 0.587. The average molecular weight is 507 g/mol. The highest BCUT2D eigenvalue weighted by molar-refractivity contribution is 5.94. The van der Waals surface area contributed by atoms with E-state index in [1.807, 2.05) is 0 Å². The molecule has 1 aromatic heterocycles. The number of anilines is 1. The van der Waals surface area contributed by atoms with Gasteiger partial charge >= 0.3 is 6.03 Å². The van der Waals surface area contributed by atoms with E-state index in [0.29, 0.717) is 24.2 Å². The minimum atomic E-state index is -0.278. The highest BCUT2D eigenvalue weighted by Crippen LogP contribution is 2.49. The largest absolute Gasteiger partial charge is 0.480 e. The van der Waals surface area contributed by atoms with Gasteiger partial charge in [0.25, 0.3) is 0 Å². The molecule has 37 heavy (non-hydrogen) atoms. The van der Waals surface area contributed by atoms with E-state index in [1.165, 1.54) is 44.3 Å². The van der Waals surface area contributed by atoms with Crippen molar-refractivity contribution in [2.24, 2.45) is 5.92 Å². The summed E-state index contributed by atoms with van der Waals surface area (Å²) in [5, 5.41) is 2.77. The van der Waals surface area contributed by atoms with E-state index < -0.39 is 0 Å². The van der Waals surface area contributed by atoms with E-state index in [2.05, 4.69) is 69.5 Å². The van der Waals surface area contributed by atoms with Crippen LogP contribution in [0.1, 0.15) is 50.5 Å². The van der Waals surface area contributed by atoms with Crippen LogP contribution in [-0.4, -0.2) is 83.0 Å². The molecule has 0 unspecified atom stereocenters. The minimum Gasteiger partial charge on any atom is -0.480 e. The Hall–Kier alpha value is -3.20. The number of nitrogens with one attached hydrogen (secondary N) is 1. The van der Waals surface area contributed by atoms with Gasteiger partial charge in [-0.2, -0.15) is 4.98 Å². The van der Waals surface area contributed by atoms with Gasteiger partial charge < -0.3 is 19.9 Å². The Morgan fingerprint density at radius 2 is 1.86 bits per heavy atom. The van der Waals surface area contributed by atoms with Crippen LogP contribution in [0.5, 0.6) is 5.88 Å². The molecular weight excluding hydrogens is 468 g/mol. The Morgan fingerprint density at radius 3 is 2.49 bits per heavy atom. The van der Waals surface area contributed by atoms with Crippen LogP contribution in [0.15, 0.2) is 42.7 Å². The summed E-state index contributed by atoms with van der Waals surface area (Å²) in [7, 11) is 5.83. The second kappa shape index (κ2) is 10.3. The van der Waals surface area contributed by atoms with Gasteiger partial charge in [-0.3, -0.25) is 14.7 Å². The number of carbonyl (C=O) groups is 2. The van der Waals surface area contributed by atoms with Crippen molar-refractivity contribution >= 4 is 17.8 Å². The van der Waals surface area contributed by atoms with Gasteiger partial charge in [0, 0.05) is 18.6 Å². The third-order valence-electron chi connectivity index (χ3n) is 8.82. The maximum absolute atomic E-state index is 13.7. The van der Waals surface area contributed by atoms with Crippen molar-refractivity contribution in [1.29, 1.82) is 0 Å². The summed E-state index contributed by atoms with van der Waals surface area (Å²) in [6.07, 6.45) is 10.3. The van der Waals surface area contributed by atoms with Gasteiger partial charge in [0.05, 0.1) is 25.0 Å². The van der Waals surface area contributed by atoms with Gasteiger partial charge in [-0.25, -0.2) is 4.79 Å². The van der Waals surface area contributed by atoms with Crippen LogP contribution in [-0.2, 0) is 10.3 Å². The molecule has 1 saturated heterocycles. The van der Waals surface area contributed by atoms with Crippen LogP contribution in [0.3, 0.4) is 0 Å². The normalized spacial score (nSPS) is 26.0. The first-order valence-corrected chi connectivity index (χ1v) is 13.3. The van der Waals surface area contributed by atoms with Gasteiger partial charge in [0.15, 0.2) is 5.82 Å². The third kappa shape index (κ3) is 4.89. The van der Waals surface area contributed by atoms with Crippen molar-refractivity contribution in [2.45, 2.75) is 56.0 Å². The summed E-state index contributed by atoms with van der Waals surface area (Å²) in [5.74, 6) is 0.926. The smallest absolute Gasteiger partial charge is 0.321 e. The number of rotatable bonds is 8. The van der Waals surface area contributed by atoms with Crippen LogP contribution in [0.25, 0.3) is 0 Å². The number of benzene rings is 1. The molecule has 3 amide bonds. The van der Waals surface area contributed by atoms with Gasteiger partial charge in [-0.1, -0.05) is 36.8 Å². The third-order valence-corrected chi connectivity index (χ3v) is 8.82. The van der Waals surface area contributed by atoms with Crippen molar-refractivity contribution in [3.63, 3.8) is 0 Å². The lowest BCUT2D eigenvalue weighted by Crippen LogP contribution is -2.56. The van der Waals surface area contributed by atoms with Crippen molar-refractivity contribution in [2.75, 3.05) is 46.2 Å². The van der Waals surface area contributed by atoms with Crippen molar-refractivity contribution in [3.05, 3.63) is 48.3 Å². The summed E-state index contributed by atoms with van der Waals surface area (Å²) in [5.41, 5.74) is 1.05. The van der Waals surface area contributed by atoms with Crippen LogP contribution in [0.2, 0.25) is 0 Å². The van der Waals surface area contributed by atoms with E-state index in [-0.39, 0.29) is 29.6 Å². The number of hydrogen-bond donors (Lipinski definition) is 1. The number of methoxy groups -OCH3 is 1. The lowest BCUT2D eigenvalue weighted by Gasteiger charge is -2.51. The van der Waals surface area contributed by atoms with E-state index >= 15 is 0 Å². The molecule has 2 aromatic rings. The Bertz CT molecular complexity index is 1110. The fourth-order valence-electron chi connectivity index (χ4n) is 6.37. The molecule has 0 bridgehead atoms. The van der Waals surface area contributed by atoms with Crippen LogP contribution in [0.4, 0.5) is 10.6 Å². The lowest BCUT2D eigenvalue weighted by atomic mass is 9.68. The van der Waals surface area contributed by atoms with Crippen LogP contribution >= 0.6 is 0 Å². The first-order valence-electron chi connectivity index (χ1n) is 13.3. The SMILES string of the molecule is COc1cncc(NC(=O)CN2C[C@]3(CC[C@](c4ccccc4)(N(C)C)CC3)N(CC3CCC3)C2=O)n1. The highest BCUT2D eigenvalue weighted by Gasteiger charge is 2.55. The number of urea groups is 1. The molecule has 198 valence electrons. The van der Waals surface area contributed by atoms with E-state index in [9.17, 15) is 9.59 Å². The average Bonchev–Trinajstić information content (AvgIpc) is 3.12. The maximum atomic E-state index is 13.7. The molecule has 1 N–H and O–H groups in total. The topological polar surface area (TPSA) is 90.9 Å². The molecule has 5 rings (SSSR count). The Kier molecular flexibility index (Phi) is 7.07. The second-order valence-corrected chi connectivity index (χ2v) is 11.1. The molecule has 0 radical (unpaired) electrons. The first-order chi connectivity index (χ1) is 17.8. The number of amides is 3. The zero-order valence-corrected chi connectivity index (χ0v) is 22.2. The molecule has 9 nitrogen and oxygen atoms in total. The Labute approximate surface area is 219 Å². The molecule has 3 aliphatic rings. The van der Waals surface area contributed by atoms with E-state index in [1.54, 1.807) is 4.90 Å². The molecule has 2 saturated carbocycles. The van der Waals surface area contributed by atoms with Crippen molar-refractivity contribution < 1.29 is 14.3 Å². The number of carbonyl (C=O) groups excluding carboxylic acids is 2. The van der Waals surface area contributed by atoms with Crippen LogP contribution < -0.4 is 10.1 Å². The van der Waals surface area contributed by atoms with Crippen molar-refractivity contribution in [1.82, 2.24) is 24.7 Å². The number of nitrogens with zero attached hydrogens (tertiary/aromatic N) is 5. The monoisotopic (exact) mass is 506 g/mol. The summed E-state index contributed by atoms with van der Waals surface area (Å²) in [6.45, 7) is 1.37. The fourth-order valence-corrected chi connectivity index (χ4v) is 6.37. The highest BCUT2D eigenvalue weighted by atomic mass is 16.5. The molecule has 1 spiro atoms. The molecule has 9 heteroatoms. The zero-order valence-electron chi connectivity index (χ0n) is 22.2. The molecular formula is C28H38N6O3. The van der Waals surface area contributed by atoms with Crippen molar-refractivity contribution in [3.8, 4) is 5.88 Å². The summed E-state index contributed by atoms with van der Waals surface area (Å²) < 4.78 is 5.10. The molecule has 1 aromatic carbocycles. The van der Waals surface area contributed by atoms with Gasteiger partial charge in [0.2, 0.25) is 11.8 Å². The molecule has 2 aliphatic carbocycles. The van der Waals surface area contributed by atoms with Gasteiger partial charge in [-0.15, -0.1) is 0 Å². The second-order valence-electron chi connectivity index (χ2n) is 11.1. The number of aromatic nitrogens is 2. The Morgan fingerprint density at radius 1 is 1.14 bits per heavy atom. The zero-order chi connectivity index (χ0) is 26.0. The molecule has 3 fully saturated rings. The van der Waals surface area contributed by atoms with Gasteiger partial charge in [0.1, 0.15) is 6.54 Å². The molecule has 2 heterocycles. The van der Waals surface area contributed by atoms with E-state index in [0.717, 1.165) is 32.2 Å². The van der Waals surface area contributed by atoms with E-state index in [4.69, 9.17) is 4.74 Å². The predicted molar refractivity (Wildman–Crippen MR) is 141 cm³/mol. The standard InChI is InChI=1S/C28H38N6O3/c1-32(2)28(22-10-5-4-6-11-22)14-12-27(13-15-28)20-33(26(36)34(27)18-21-8-7-9-21)19-24(35)30-23-16-29-17-25(31-23)37-3/h4-6,10-11,16-17,21H,7-9,12-15,18-20H2,1-3H3,(H,30,31,35)/t27-,28+. The summed E-state index contributed by atoms with van der Waals surface area (Å²) >= 11 is 0. The summed E-state index contributed by atoms with van der Waals surface area (Å²) in [4.78, 5) is 41.1. The predicted octanol–water partition coefficient (Wildman–Crippen LogP) is 3.73. The summed E-state index contributed by atoms with van der Waals surface area (Å²) in [6, 6.07) is 10.7. The maximum Gasteiger partial charge on any atom is 0.321 e. The lowest BCUT2D eigenvalue weighted by molar-refractivity contribution is -0.116. The number of hydrogen-bond acceptors (Lipinski definition) is 6. The molecule has 0 atom stereocenters.